The average Bonchev–Trinajstić information content (AvgIpc) is 3.05. The molecule has 2 aromatic rings. The van der Waals surface area contributed by atoms with Crippen molar-refractivity contribution in [3.05, 3.63) is 59.7 Å². The first-order valence-corrected chi connectivity index (χ1v) is 8.34. The van der Waals surface area contributed by atoms with E-state index >= 15 is 0 Å². The third-order valence-corrected chi connectivity index (χ3v) is 4.59. The summed E-state index contributed by atoms with van der Waals surface area (Å²) in [6.07, 6.45) is 2.47. The molecule has 0 amide bonds. The molecule has 0 aromatic heterocycles. The molecule has 2 aromatic carbocycles. The van der Waals surface area contributed by atoms with Gasteiger partial charge in [0.2, 0.25) is 0 Å². The number of likely N-dealkylation sites (tertiary alicyclic amines) is 1. The molecule has 1 aliphatic heterocycles. The zero-order valence-electron chi connectivity index (χ0n) is 14.0. The molecule has 0 bridgehead atoms. The summed E-state index contributed by atoms with van der Waals surface area (Å²) in [6, 6.07) is 17.2. The van der Waals surface area contributed by atoms with Gasteiger partial charge in [-0.3, -0.25) is 4.90 Å². The Bertz CT molecular complexity index is 624. The van der Waals surface area contributed by atoms with Crippen LogP contribution in [0.1, 0.15) is 30.0 Å². The first-order chi connectivity index (χ1) is 11.3. The van der Waals surface area contributed by atoms with E-state index in [0.29, 0.717) is 6.04 Å². The van der Waals surface area contributed by atoms with Crippen molar-refractivity contribution in [1.82, 2.24) is 4.90 Å². The number of ether oxygens (including phenoxy) is 2. The molecule has 3 heteroatoms. The van der Waals surface area contributed by atoms with Crippen LogP contribution in [0.15, 0.2) is 48.5 Å². The van der Waals surface area contributed by atoms with Crippen LogP contribution in [-0.4, -0.2) is 31.7 Å². The zero-order valence-corrected chi connectivity index (χ0v) is 14.0. The molecule has 3 rings (SSSR count). The fourth-order valence-electron chi connectivity index (χ4n) is 3.29. The molecule has 1 fully saturated rings. The molecular weight excluding hydrogens is 286 g/mol. The molecule has 122 valence electrons. The maximum atomic E-state index is 5.96. The second-order valence-electron chi connectivity index (χ2n) is 6.08. The molecule has 0 spiro atoms. The van der Waals surface area contributed by atoms with Gasteiger partial charge in [0, 0.05) is 12.6 Å². The van der Waals surface area contributed by atoms with Crippen LogP contribution in [0.4, 0.5) is 0 Å². The molecule has 0 saturated carbocycles. The molecule has 1 heterocycles. The molecule has 0 aliphatic carbocycles. The fourth-order valence-corrected chi connectivity index (χ4v) is 3.29. The molecule has 1 aliphatic rings. The maximum Gasteiger partial charge on any atom is 0.122 e. The molecular formula is C20H25NO2. The Kier molecular flexibility index (Phi) is 5.19. The second kappa shape index (κ2) is 7.51. The minimum absolute atomic E-state index is 0.501. The Morgan fingerprint density at radius 1 is 1.09 bits per heavy atom. The summed E-state index contributed by atoms with van der Waals surface area (Å²) in [7, 11) is 1.71. The topological polar surface area (TPSA) is 21.7 Å². The highest BCUT2D eigenvalue weighted by molar-refractivity contribution is 5.32. The summed E-state index contributed by atoms with van der Waals surface area (Å²) < 4.78 is 11.2. The van der Waals surface area contributed by atoms with Gasteiger partial charge < -0.3 is 9.47 Å². The smallest absolute Gasteiger partial charge is 0.122 e. The van der Waals surface area contributed by atoms with Crippen molar-refractivity contribution in [2.45, 2.75) is 25.8 Å². The summed E-state index contributed by atoms with van der Waals surface area (Å²) >= 11 is 0. The maximum absolute atomic E-state index is 5.96. The number of nitrogens with zero attached hydrogens (tertiary/aromatic N) is 1. The van der Waals surface area contributed by atoms with Crippen LogP contribution in [0.25, 0.3) is 0 Å². The van der Waals surface area contributed by atoms with Gasteiger partial charge in [-0.1, -0.05) is 30.3 Å². The van der Waals surface area contributed by atoms with E-state index in [1.165, 1.54) is 24.0 Å². The van der Waals surface area contributed by atoms with Gasteiger partial charge in [0.15, 0.2) is 0 Å². The molecule has 1 atom stereocenters. The standard InChI is InChI=1S/C20H25NO2/c1-16-6-3-4-8-20(16)23-15-14-21-13-5-7-19(21)17-9-11-18(22-2)12-10-17/h3-4,6,8-12,19H,5,7,13-15H2,1-2H3. The predicted octanol–water partition coefficient (Wildman–Crippen LogP) is 4.22. The third-order valence-electron chi connectivity index (χ3n) is 4.59. The number of hydrogen-bond acceptors (Lipinski definition) is 3. The number of methoxy groups -OCH3 is 1. The van der Waals surface area contributed by atoms with E-state index in [0.717, 1.165) is 31.2 Å². The van der Waals surface area contributed by atoms with E-state index < -0.39 is 0 Å². The van der Waals surface area contributed by atoms with E-state index in [-0.39, 0.29) is 0 Å². The van der Waals surface area contributed by atoms with Crippen LogP contribution < -0.4 is 9.47 Å². The van der Waals surface area contributed by atoms with Gasteiger partial charge in [0.25, 0.3) is 0 Å². The first-order valence-electron chi connectivity index (χ1n) is 8.34. The number of hydrogen-bond donors (Lipinski definition) is 0. The van der Waals surface area contributed by atoms with E-state index in [1.807, 2.05) is 18.2 Å². The normalized spacial score (nSPS) is 18.1. The number of aryl methyl sites for hydroxylation is 1. The van der Waals surface area contributed by atoms with Crippen LogP contribution in [-0.2, 0) is 0 Å². The molecule has 23 heavy (non-hydrogen) atoms. The summed E-state index contributed by atoms with van der Waals surface area (Å²) in [4.78, 5) is 2.53. The van der Waals surface area contributed by atoms with Crippen LogP contribution in [0.5, 0.6) is 11.5 Å². The van der Waals surface area contributed by atoms with Gasteiger partial charge in [0.1, 0.15) is 18.1 Å². The Labute approximate surface area is 138 Å². The Morgan fingerprint density at radius 2 is 1.87 bits per heavy atom. The predicted molar refractivity (Wildman–Crippen MR) is 93.2 cm³/mol. The number of rotatable bonds is 6. The lowest BCUT2D eigenvalue weighted by Crippen LogP contribution is -2.28. The van der Waals surface area contributed by atoms with Gasteiger partial charge >= 0.3 is 0 Å². The second-order valence-corrected chi connectivity index (χ2v) is 6.08. The third kappa shape index (κ3) is 3.85. The summed E-state index contributed by atoms with van der Waals surface area (Å²) in [5.41, 5.74) is 2.57. The number of benzene rings is 2. The largest absolute Gasteiger partial charge is 0.497 e. The van der Waals surface area contributed by atoms with Crippen molar-refractivity contribution in [2.24, 2.45) is 0 Å². The summed E-state index contributed by atoms with van der Waals surface area (Å²) in [5, 5.41) is 0. The van der Waals surface area contributed by atoms with E-state index in [4.69, 9.17) is 9.47 Å². The van der Waals surface area contributed by atoms with Crippen molar-refractivity contribution in [3.8, 4) is 11.5 Å². The average molecular weight is 311 g/mol. The van der Waals surface area contributed by atoms with Crippen LogP contribution >= 0.6 is 0 Å². The lowest BCUT2D eigenvalue weighted by Gasteiger charge is -2.25. The molecule has 1 saturated heterocycles. The molecule has 1 unspecified atom stereocenters. The van der Waals surface area contributed by atoms with Crippen molar-refractivity contribution >= 4 is 0 Å². The molecule has 0 radical (unpaired) electrons. The quantitative estimate of drug-likeness (QED) is 0.797. The minimum Gasteiger partial charge on any atom is -0.497 e. The molecule has 0 N–H and O–H groups in total. The lowest BCUT2D eigenvalue weighted by atomic mass is 10.0. The molecule has 3 nitrogen and oxygen atoms in total. The van der Waals surface area contributed by atoms with Gasteiger partial charge in [-0.2, -0.15) is 0 Å². The van der Waals surface area contributed by atoms with Crippen molar-refractivity contribution in [1.29, 1.82) is 0 Å². The lowest BCUT2D eigenvalue weighted by molar-refractivity contribution is 0.197. The van der Waals surface area contributed by atoms with Crippen LogP contribution in [0.2, 0.25) is 0 Å². The first kappa shape index (κ1) is 15.9. The van der Waals surface area contributed by atoms with Gasteiger partial charge in [-0.05, 0) is 55.6 Å². The van der Waals surface area contributed by atoms with Crippen LogP contribution in [0, 0.1) is 6.92 Å². The van der Waals surface area contributed by atoms with Gasteiger partial charge in [0.05, 0.1) is 7.11 Å². The highest BCUT2D eigenvalue weighted by atomic mass is 16.5. The van der Waals surface area contributed by atoms with Gasteiger partial charge in [-0.25, -0.2) is 0 Å². The van der Waals surface area contributed by atoms with E-state index in [9.17, 15) is 0 Å². The highest BCUT2D eigenvalue weighted by Gasteiger charge is 2.25. The SMILES string of the molecule is COc1ccc(C2CCCN2CCOc2ccccc2C)cc1. The Balaban J connectivity index is 1.57. The van der Waals surface area contributed by atoms with E-state index in [1.54, 1.807) is 7.11 Å². The van der Waals surface area contributed by atoms with Gasteiger partial charge in [-0.15, -0.1) is 0 Å². The fraction of sp³-hybridized carbons (Fsp3) is 0.400. The Hall–Kier alpha value is -2.00. The van der Waals surface area contributed by atoms with E-state index in [2.05, 4.69) is 42.2 Å². The van der Waals surface area contributed by atoms with Crippen molar-refractivity contribution < 1.29 is 9.47 Å². The van der Waals surface area contributed by atoms with Crippen LogP contribution in [0.3, 0.4) is 0 Å². The highest BCUT2D eigenvalue weighted by Crippen LogP contribution is 2.32. The van der Waals surface area contributed by atoms with Crippen molar-refractivity contribution in [3.63, 3.8) is 0 Å². The summed E-state index contributed by atoms with van der Waals surface area (Å²) in [5.74, 6) is 1.91. The zero-order chi connectivity index (χ0) is 16.1. The monoisotopic (exact) mass is 311 g/mol. The summed E-state index contributed by atoms with van der Waals surface area (Å²) in [6.45, 7) is 4.93. The minimum atomic E-state index is 0.501. The Morgan fingerprint density at radius 3 is 2.61 bits per heavy atom. The number of para-hydroxylation sites is 1. The van der Waals surface area contributed by atoms with Crippen molar-refractivity contribution in [2.75, 3.05) is 26.8 Å².